The first-order valence-electron chi connectivity index (χ1n) is 10.9. The molecule has 1 aromatic rings. The van der Waals surface area contributed by atoms with Gasteiger partial charge in [0.1, 0.15) is 9.88 Å². The molecule has 0 radical (unpaired) electrons. The maximum Gasteiger partial charge on any atom is 0.350 e. The van der Waals surface area contributed by atoms with Crippen LogP contribution in [0.2, 0.25) is 0 Å². The van der Waals surface area contributed by atoms with E-state index >= 15 is 0 Å². The minimum absolute atomic E-state index is 0.0456. The van der Waals surface area contributed by atoms with Gasteiger partial charge in [-0.3, -0.25) is 4.99 Å². The smallest absolute Gasteiger partial charge is 0.350 e. The number of hydrogen-bond donors (Lipinski definition) is 2. The molecule has 1 fully saturated rings. The fourth-order valence-electron chi connectivity index (χ4n) is 3.60. The van der Waals surface area contributed by atoms with E-state index in [1.54, 1.807) is 0 Å². The van der Waals surface area contributed by atoms with Crippen molar-refractivity contribution in [1.29, 1.82) is 0 Å². The number of guanidine groups is 1. The van der Waals surface area contributed by atoms with Gasteiger partial charge in [-0.15, -0.1) is 11.3 Å². The number of nitrogens with zero attached hydrogens (tertiary/aromatic N) is 3. The average Bonchev–Trinajstić information content (AvgIpc) is 3.11. The van der Waals surface area contributed by atoms with Crippen LogP contribution in [0.4, 0.5) is 0 Å². The molecule has 29 heavy (non-hydrogen) atoms. The first kappa shape index (κ1) is 23.6. The van der Waals surface area contributed by atoms with E-state index in [4.69, 9.17) is 9.73 Å². The van der Waals surface area contributed by atoms with Gasteiger partial charge in [-0.05, 0) is 47.6 Å². The van der Waals surface area contributed by atoms with E-state index in [1.807, 2.05) is 20.8 Å². The number of thiazole rings is 1. The number of esters is 1. The normalized spacial score (nSPS) is 16.7. The van der Waals surface area contributed by atoms with Gasteiger partial charge in [0, 0.05) is 19.1 Å². The largest absolute Gasteiger partial charge is 0.462 e. The third kappa shape index (κ3) is 7.26. The van der Waals surface area contributed by atoms with Gasteiger partial charge in [-0.1, -0.05) is 19.3 Å². The zero-order valence-corrected chi connectivity index (χ0v) is 19.4. The number of hydrogen-bond acceptors (Lipinski definition) is 6. The molecule has 1 aliphatic rings. The Labute approximate surface area is 179 Å². The van der Waals surface area contributed by atoms with Crippen LogP contribution in [0.3, 0.4) is 0 Å². The minimum atomic E-state index is -0.299. The highest BCUT2D eigenvalue weighted by atomic mass is 32.1. The molecule has 0 aromatic carbocycles. The van der Waals surface area contributed by atoms with Crippen molar-refractivity contribution in [2.24, 2.45) is 4.99 Å². The van der Waals surface area contributed by atoms with Crippen molar-refractivity contribution in [3.8, 4) is 0 Å². The van der Waals surface area contributed by atoms with Gasteiger partial charge in [0.15, 0.2) is 5.96 Å². The number of aromatic nitrogens is 1. The summed E-state index contributed by atoms with van der Waals surface area (Å²) in [5.74, 6) is 0.481. The molecular weight excluding hydrogens is 386 g/mol. The summed E-state index contributed by atoms with van der Waals surface area (Å²) in [4.78, 5) is 24.4. The Kier molecular flexibility index (Phi) is 9.87. The van der Waals surface area contributed by atoms with E-state index in [-0.39, 0.29) is 12.0 Å². The Morgan fingerprint density at radius 3 is 2.72 bits per heavy atom. The molecule has 7 nitrogen and oxygen atoms in total. The lowest BCUT2D eigenvalue weighted by Gasteiger charge is -2.30. The highest BCUT2D eigenvalue weighted by Gasteiger charge is 2.20. The van der Waals surface area contributed by atoms with Crippen LogP contribution in [0.25, 0.3) is 0 Å². The van der Waals surface area contributed by atoms with E-state index in [0.29, 0.717) is 23.2 Å². The molecule has 1 atom stereocenters. The molecule has 2 rings (SSSR count). The van der Waals surface area contributed by atoms with Crippen LogP contribution in [0, 0.1) is 6.92 Å². The molecule has 2 N–H and O–H groups in total. The Balaban J connectivity index is 1.93. The number of aryl methyl sites for hydroxylation is 1. The van der Waals surface area contributed by atoms with Crippen molar-refractivity contribution in [2.45, 2.75) is 71.9 Å². The second kappa shape index (κ2) is 12.1. The number of nitrogens with one attached hydrogen (secondary N) is 2. The Morgan fingerprint density at radius 1 is 1.34 bits per heavy atom. The summed E-state index contributed by atoms with van der Waals surface area (Å²) in [7, 11) is 2.21. The summed E-state index contributed by atoms with van der Waals surface area (Å²) in [6.07, 6.45) is 6.69. The molecule has 1 unspecified atom stereocenters. The lowest BCUT2D eigenvalue weighted by Crippen LogP contribution is -2.40. The van der Waals surface area contributed by atoms with Gasteiger partial charge in [0.2, 0.25) is 0 Å². The van der Waals surface area contributed by atoms with Crippen LogP contribution in [0.15, 0.2) is 4.99 Å². The van der Waals surface area contributed by atoms with Crippen molar-refractivity contribution >= 4 is 23.3 Å². The van der Waals surface area contributed by atoms with Gasteiger partial charge < -0.3 is 20.3 Å². The van der Waals surface area contributed by atoms with E-state index in [0.717, 1.165) is 30.6 Å². The van der Waals surface area contributed by atoms with E-state index in [1.165, 1.54) is 43.4 Å². The maximum absolute atomic E-state index is 12.0. The first-order valence-corrected chi connectivity index (χ1v) is 11.7. The molecule has 8 heteroatoms. The number of carbonyl (C=O) groups excluding carboxylic acids is 1. The number of likely N-dealkylation sites (N-methyl/N-ethyl adjacent to an activating group) is 1. The standard InChI is InChI=1S/C21H37N5O2S/c1-6-22-21(23-13-14-26(5)17-11-9-8-10-12-17)25-16(4)19-24-15(3)18(29-19)20(27)28-7-2/h16-17H,6-14H2,1-5H3,(H2,22,23,25). The van der Waals surface area contributed by atoms with Crippen LogP contribution < -0.4 is 10.6 Å². The molecule has 1 aromatic heterocycles. The predicted octanol–water partition coefficient (Wildman–Crippen LogP) is 3.51. The summed E-state index contributed by atoms with van der Waals surface area (Å²) in [6.45, 7) is 10.6. The zero-order valence-electron chi connectivity index (χ0n) is 18.6. The zero-order chi connectivity index (χ0) is 21.2. The lowest BCUT2D eigenvalue weighted by atomic mass is 9.94. The number of carbonyl (C=O) groups is 1. The monoisotopic (exact) mass is 423 g/mol. The second-order valence-electron chi connectivity index (χ2n) is 7.59. The number of ether oxygens (including phenoxy) is 1. The highest BCUT2D eigenvalue weighted by Crippen LogP contribution is 2.24. The van der Waals surface area contributed by atoms with Crippen molar-refractivity contribution in [1.82, 2.24) is 20.5 Å². The molecule has 0 saturated heterocycles. The lowest BCUT2D eigenvalue weighted by molar-refractivity contribution is 0.0531. The predicted molar refractivity (Wildman–Crippen MR) is 120 cm³/mol. The summed E-state index contributed by atoms with van der Waals surface area (Å²) < 4.78 is 5.12. The van der Waals surface area contributed by atoms with Gasteiger partial charge in [-0.2, -0.15) is 0 Å². The maximum atomic E-state index is 12.0. The number of aliphatic imine (C=N–C) groups is 1. The molecule has 1 aliphatic carbocycles. The molecule has 0 aliphatic heterocycles. The third-order valence-electron chi connectivity index (χ3n) is 5.26. The first-order chi connectivity index (χ1) is 14.0. The van der Waals surface area contributed by atoms with Gasteiger partial charge >= 0.3 is 5.97 Å². The van der Waals surface area contributed by atoms with Gasteiger partial charge in [0.05, 0.1) is 24.9 Å². The quantitative estimate of drug-likeness (QED) is 0.359. The van der Waals surface area contributed by atoms with Gasteiger partial charge in [0.25, 0.3) is 0 Å². The summed E-state index contributed by atoms with van der Waals surface area (Å²) in [5.41, 5.74) is 0.716. The fourth-order valence-corrected chi connectivity index (χ4v) is 4.56. The number of rotatable bonds is 9. The highest BCUT2D eigenvalue weighted by molar-refractivity contribution is 7.13. The molecule has 0 bridgehead atoms. The molecule has 0 spiro atoms. The van der Waals surface area contributed by atoms with E-state index in [9.17, 15) is 4.79 Å². The van der Waals surface area contributed by atoms with Crippen molar-refractivity contribution < 1.29 is 9.53 Å². The molecule has 164 valence electrons. The summed E-state index contributed by atoms with van der Waals surface area (Å²) >= 11 is 1.38. The average molecular weight is 424 g/mol. The Bertz CT molecular complexity index is 670. The molecule has 1 saturated carbocycles. The summed E-state index contributed by atoms with van der Waals surface area (Å²) in [5, 5.41) is 7.58. The third-order valence-corrected chi connectivity index (χ3v) is 6.58. The second-order valence-corrected chi connectivity index (χ2v) is 8.62. The van der Waals surface area contributed by atoms with Crippen LogP contribution >= 0.6 is 11.3 Å². The molecular formula is C21H37N5O2S. The van der Waals surface area contributed by atoms with Crippen LogP contribution in [0.5, 0.6) is 0 Å². The van der Waals surface area contributed by atoms with Crippen LogP contribution in [-0.2, 0) is 4.74 Å². The van der Waals surface area contributed by atoms with E-state index < -0.39 is 0 Å². The minimum Gasteiger partial charge on any atom is -0.462 e. The summed E-state index contributed by atoms with van der Waals surface area (Å²) in [6, 6.07) is 0.656. The Hall–Kier alpha value is -1.67. The van der Waals surface area contributed by atoms with Crippen LogP contribution in [-0.4, -0.2) is 61.1 Å². The van der Waals surface area contributed by atoms with Crippen molar-refractivity contribution in [3.05, 3.63) is 15.6 Å². The fraction of sp³-hybridized carbons (Fsp3) is 0.762. The van der Waals surface area contributed by atoms with Gasteiger partial charge in [-0.25, -0.2) is 9.78 Å². The molecule has 1 heterocycles. The van der Waals surface area contributed by atoms with Crippen LogP contribution in [0.1, 0.15) is 79.3 Å². The topological polar surface area (TPSA) is 78.9 Å². The van der Waals surface area contributed by atoms with Crippen molar-refractivity contribution in [3.63, 3.8) is 0 Å². The molecule has 0 amide bonds. The van der Waals surface area contributed by atoms with E-state index in [2.05, 4.69) is 34.5 Å². The Morgan fingerprint density at radius 2 is 2.07 bits per heavy atom. The van der Waals surface area contributed by atoms with Crippen molar-refractivity contribution in [2.75, 3.05) is 33.3 Å². The SMILES string of the molecule is CCNC(=NCCN(C)C1CCCCC1)NC(C)c1nc(C)c(C(=O)OCC)s1.